The SMILES string of the molecule is CCc1cccc(C[N+]2(C(CC)C(=O)Nc3c(C)csc3C(=O)OC)CCCCC2)c1. The minimum Gasteiger partial charge on any atom is -0.465 e. The van der Waals surface area contributed by atoms with Crippen LogP contribution in [0.4, 0.5) is 5.69 Å². The molecule has 0 saturated carbocycles. The maximum absolute atomic E-state index is 13.6. The van der Waals surface area contributed by atoms with E-state index >= 15 is 0 Å². The Morgan fingerprint density at radius 1 is 1.16 bits per heavy atom. The molecule has 0 spiro atoms. The van der Waals surface area contributed by atoms with Crippen molar-refractivity contribution in [1.82, 2.24) is 0 Å². The van der Waals surface area contributed by atoms with Crippen LogP contribution in [0.15, 0.2) is 29.6 Å². The van der Waals surface area contributed by atoms with E-state index in [0.717, 1.165) is 55.4 Å². The number of anilines is 1. The van der Waals surface area contributed by atoms with Crippen molar-refractivity contribution < 1.29 is 18.8 Å². The van der Waals surface area contributed by atoms with Crippen molar-refractivity contribution in [3.05, 3.63) is 51.2 Å². The smallest absolute Gasteiger partial charge is 0.350 e. The number of aryl methyl sites for hydroxylation is 2. The fraction of sp³-hybridized carbons (Fsp3) is 0.520. The van der Waals surface area contributed by atoms with Gasteiger partial charge in [0.05, 0.1) is 25.9 Å². The van der Waals surface area contributed by atoms with Crippen LogP contribution in [0.25, 0.3) is 0 Å². The monoisotopic (exact) mass is 443 g/mol. The zero-order valence-electron chi connectivity index (χ0n) is 19.2. The molecule has 6 heteroatoms. The van der Waals surface area contributed by atoms with Gasteiger partial charge in [0, 0.05) is 12.0 Å². The van der Waals surface area contributed by atoms with Crippen LogP contribution in [0.2, 0.25) is 0 Å². The van der Waals surface area contributed by atoms with Crippen molar-refractivity contribution in [3.8, 4) is 0 Å². The molecule has 5 nitrogen and oxygen atoms in total. The number of nitrogens with one attached hydrogen (secondary N) is 1. The summed E-state index contributed by atoms with van der Waals surface area (Å²) in [5, 5.41) is 5.00. The first-order valence-corrected chi connectivity index (χ1v) is 12.2. The number of ether oxygens (including phenoxy) is 1. The number of likely N-dealkylation sites (tertiary alicyclic amines) is 1. The third-order valence-electron chi connectivity index (χ3n) is 6.55. The Kier molecular flexibility index (Phi) is 7.89. The molecule has 3 rings (SSSR count). The molecule has 1 saturated heterocycles. The summed E-state index contributed by atoms with van der Waals surface area (Å²) in [4.78, 5) is 26.2. The topological polar surface area (TPSA) is 55.4 Å². The van der Waals surface area contributed by atoms with Gasteiger partial charge in [-0.15, -0.1) is 11.3 Å². The molecule has 0 bridgehead atoms. The highest BCUT2D eigenvalue weighted by Crippen LogP contribution is 2.32. The fourth-order valence-electron chi connectivity index (χ4n) is 4.90. The molecule has 168 valence electrons. The Labute approximate surface area is 190 Å². The highest BCUT2D eigenvalue weighted by atomic mass is 32.1. The van der Waals surface area contributed by atoms with Gasteiger partial charge in [0.15, 0.2) is 6.04 Å². The second-order valence-electron chi connectivity index (χ2n) is 8.59. The number of benzene rings is 1. The van der Waals surface area contributed by atoms with Crippen molar-refractivity contribution in [2.24, 2.45) is 0 Å². The van der Waals surface area contributed by atoms with Crippen LogP contribution < -0.4 is 5.32 Å². The van der Waals surface area contributed by atoms with Crippen LogP contribution in [-0.4, -0.2) is 42.6 Å². The zero-order valence-corrected chi connectivity index (χ0v) is 20.0. The molecule has 2 aromatic rings. The summed E-state index contributed by atoms with van der Waals surface area (Å²) in [7, 11) is 1.37. The van der Waals surface area contributed by atoms with E-state index in [2.05, 4.69) is 43.4 Å². The minimum atomic E-state index is -0.403. The van der Waals surface area contributed by atoms with Crippen molar-refractivity contribution in [1.29, 1.82) is 0 Å². The van der Waals surface area contributed by atoms with Crippen molar-refractivity contribution in [2.75, 3.05) is 25.5 Å². The average molecular weight is 444 g/mol. The molecule has 1 aliphatic heterocycles. The van der Waals surface area contributed by atoms with Crippen LogP contribution in [0.3, 0.4) is 0 Å². The predicted molar refractivity (Wildman–Crippen MR) is 126 cm³/mol. The number of carbonyl (C=O) groups excluding carboxylic acids is 2. The molecule has 1 aliphatic rings. The number of carbonyl (C=O) groups is 2. The summed E-state index contributed by atoms with van der Waals surface area (Å²) >= 11 is 1.32. The Balaban J connectivity index is 1.90. The maximum Gasteiger partial charge on any atom is 0.350 e. The van der Waals surface area contributed by atoms with Crippen LogP contribution >= 0.6 is 11.3 Å². The van der Waals surface area contributed by atoms with E-state index < -0.39 is 5.97 Å². The first-order chi connectivity index (χ1) is 14.9. The molecule has 1 N–H and O–H groups in total. The maximum atomic E-state index is 13.6. The van der Waals surface area contributed by atoms with Crippen LogP contribution in [0.1, 0.15) is 65.9 Å². The molecule has 1 fully saturated rings. The summed E-state index contributed by atoms with van der Waals surface area (Å²) in [5.41, 5.74) is 4.13. The number of piperidine rings is 1. The third-order valence-corrected chi connectivity index (χ3v) is 7.63. The number of thiophene rings is 1. The molecule has 0 aliphatic carbocycles. The Bertz CT molecular complexity index is 915. The molecule has 1 unspecified atom stereocenters. The zero-order chi connectivity index (χ0) is 22.4. The van der Waals surface area contributed by atoms with Crippen LogP contribution in [-0.2, 0) is 22.5 Å². The molecule has 2 heterocycles. The van der Waals surface area contributed by atoms with Crippen LogP contribution in [0, 0.1) is 6.92 Å². The number of rotatable bonds is 8. The molecule has 1 aromatic carbocycles. The fourth-order valence-corrected chi connectivity index (χ4v) is 5.83. The molecule has 1 amide bonds. The number of amides is 1. The van der Waals surface area contributed by atoms with Gasteiger partial charge < -0.3 is 14.5 Å². The quantitative estimate of drug-likeness (QED) is 0.443. The van der Waals surface area contributed by atoms with Gasteiger partial charge in [0.1, 0.15) is 11.4 Å². The lowest BCUT2D eigenvalue weighted by Gasteiger charge is -2.46. The van der Waals surface area contributed by atoms with E-state index in [1.807, 2.05) is 12.3 Å². The molecular weight excluding hydrogens is 408 g/mol. The lowest BCUT2D eigenvalue weighted by atomic mass is 9.97. The number of quaternary nitrogens is 1. The molecule has 1 aromatic heterocycles. The largest absolute Gasteiger partial charge is 0.465 e. The van der Waals surface area contributed by atoms with Crippen molar-refractivity contribution in [3.63, 3.8) is 0 Å². The summed E-state index contributed by atoms with van der Waals surface area (Å²) in [6.07, 6.45) is 5.28. The Hall–Kier alpha value is -2.18. The second-order valence-corrected chi connectivity index (χ2v) is 9.47. The van der Waals surface area contributed by atoms with Crippen molar-refractivity contribution in [2.45, 2.75) is 65.5 Å². The molecule has 1 atom stereocenters. The van der Waals surface area contributed by atoms with E-state index in [0.29, 0.717) is 10.6 Å². The number of methoxy groups -OCH3 is 1. The van der Waals surface area contributed by atoms with E-state index in [-0.39, 0.29) is 11.9 Å². The normalized spacial score (nSPS) is 16.5. The number of hydrogen-bond acceptors (Lipinski definition) is 4. The van der Waals surface area contributed by atoms with E-state index in [9.17, 15) is 9.59 Å². The Morgan fingerprint density at radius 2 is 1.87 bits per heavy atom. The first-order valence-electron chi connectivity index (χ1n) is 11.3. The lowest BCUT2D eigenvalue weighted by molar-refractivity contribution is -0.959. The lowest BCUT2D eigenvalue weighted by Crippen LogP contribution is -2.61. The number of esters is 1. The summed E-state index contributed by atoms with van der Waals surface area (Å²) < 4.78 is 5.70. The van der Waals surface area contributed by atoms with Gasteiger partial charge in [-0.05, 0) is 49.1 Å². The summed E-state index contributed by atoms with van der Waals surface area (Å²) in [5.74, 6) is -0.401. The van der Waals surface area contributed by atoms with Gasteiger partial charge >= 0.3 is 5.97 Å². The summed E-state index contributed by atoms with van der Waals surface area (Å²) in [6, 6.07) is 8.62. The molecular formula is C25H35N2O3S+. The molecule has 0 radical (unpaired) electrons. The van der Waals surface area contributed by atoms with E-state index in [1.54, 1.807) is 0 Å². The minimum absolute atomic E-state index is 0.00250. The second kappa shape index (κ2) is 10.4. The highest BCUT2D eigenvalue weighted by molar-refractivity contribution is 7.12. The Morgan fingerprint density at radius 3 is 2.52 bits per heavy atom. The van der Waals surface area contributed by atoms with E-state index in [1.165, 1.54) is 36.0 Å². The van der Waals surface area contributed by atoms with Gasteiger partial charge in [-0.1, -0.05) is 38.1 Å². The van der Waals surface area contributed by atoms with Crippen molar-refractivity contribution >= 4 is 28.9 Å². The highest BCUT2D eigenvalue weighted by Gasteiger charge is 2.42. The van der Waals surface area contributed by atoms with Gasteiger partial charge in [0.25, 0.3) is 5.91 Å². The van der Waals surface area contributed by atoms with Gasteiger partial charge in [-0.3, -0.25) is 4.79 Å². The number of nitrogens with zero attached hydrogens (tertiary/aromatic N) is 1. The third kappa shape index (κ3) is 5.18. The predicted octanol–water partition coefficient (Wildman–Crippen LogP) is 5.32. The number of hydrogen-bond donors (Lipinski definition) is 1. The molecule has 31 heavy (non-hydrogen) atoms. The average Bonchev–Trinajstić information content (AvgIpc) is 3.14. The first kappa shape index (κ1) is 23.5. The van der Waals surface area contributed by atoms with Gasteiger partial charge in [-0.25, -0.2) is 4.79 Å². The van der Waals surface area contributed by atoms with Gasteiger partial charge in [0.2, 0.25) is 0 Å². The van der Waals surface area contributed by atoms with Gasteiger partial charge in [-0.2, -0.15) is 0 Å². The van der Waals surface area contributed by atoms with Crippen LogP contribution in [0.5, 0.6) is 0 Å². The standard InChI is InChI=1S/C25H34N2O3S/c1-5-19-11-10-12-20(15-19)16-27(13-8-7-9-14-27)21(6-2)24(28)26-22-18(3)17-31-23(22)25(29)30-4/h10-12,15,17,21H,5-9,13-14,16H2,1-4H3/p+1. The van der Waals surface area contributed by atoms with E-state index in [4.69, 9.17) is 4.74 Å². The summed E-state index contributed by atoms with van der Waals surface area (Å²) in [6.45, 7) is 9.08.